The Labute approximate surface area is 146 Å². The standard InChI is InChI=1S/C21H14NO2P/c22-21(23)17-11-9-13-5-1-3-7-15(13)19(17)20-16-8-4-2-6-14(16)10-12-18(20)25-24/h1-12H,(H2,22,23). The molecule has 25 heavy (non-hydrogen) atoms. The Morgan fingerprint density at radius 2 is 1.28 bits per heavy atom. The van der Waals surface area contributed by atoms with Gasteiger partial charge in [0.15, 0.2) is 8.46 Å². The van der Waals surface area contributed by atoms with Gasteiger partial charge in [0.1, 0.15) is 0 Å². The molecule has 0 saturated heterocycles. The van der Waals surface area contributed by atoms with Crippen molar-refractivity contribution in [2.24, 2.45) is 5.73 Å². The average molecular weight is 343 g/mol. The van der Waals surface area contributed by atoms with Crippen LogP contribution in [0.5, 0.6) is 0 Å². The minimum atomic E-state index is -0.498. The summed E-state index contributed by atoms with van der Waals surface area (Å²) < 4.78 is 11.8. The molecule has 1 amide bonds. The molecule has 4 aromatic carbocycles. The number of nitrogens with two attached hydrogens (primary N) is 1. The van der Waals surface area contributed by atoms with Gasteiger partial charge in [-0.1, -0.05) is 60.7 Å². The number of fused-ring (bicyclic) bond motifs is 2. The highest BCUT2D eigenvalue weighted by Gasteiger charge is 2.19. The lowest BCUT2D eigenvalue weighted by Crippen LogP contribution is -2.14. The Morgan fingerprint density at radius 3 is 1.88 bits per heavy atom. The molecule has 3 nitrogen and oxygen atoms in total. The second kappa shape index (κ2) is 6.12. The molecule has 0 aliphatic carbocycles. The van der Waals surface area contributed by atoms with Crippen LogP contribution in [0, 0.1) is 0 Å². The van der Waals surface area contributed by atoms with Gasteiger partial charge in [0.05, 0.1) is 5.30 Å². The molecule has 0 heterocycles. The molecule has 0 fully saturated rings. The summed E-state index contributed by atoms with van der Waals surface area (Å²) in [5.41, 5.74) is 7.62. The molecule has 0 radical (unpaired) electrons. The van der Waals surface area contributed by atoms with Crippen LogP contribution in [0.3, 0.4) is 0 Å². The van der Waals surface area contributed by atoms with Gasteiger partial charge in [-0.15, -0.1) is 0 Å². The van der Waals surface area contributed by atoms with E-state index in [4.69, 9.17) is 5.73 Å². The average Bonchev–Trinajstić information content (AvgIpc) is 2.66. The fourth-order valence-electron chi connectivity index (χ4n) is 3.35. The fourth-order valence-corrected chi connectivity index (χ4v) is 3.80. The van der Waals surface area contributed by atoms with Gasteiger partial charge in [-0.2, -0.15) is 0 Å². The maximum atomic E-state index is 12.1. The third kappa shape index (κ3) is 2.50. The number of hydrogen-bond donors (Lipinski definition) is 1. The molecule has 0 unspecified atom stereocenters. The summed E-state index contributed by atoms with van der Waals surface area (Å²) in [7, 11) is -0.0957. The van der Waals surface area contributed by atoms with Crippen LogP contribution in [0.2, 0.25) is 0 Å². The van der Waals surface area contributed by atoms with Crippen LogP contribution in [0.4, 0.5) is 0 Å². The smallest absolute Gasteiger partial charge is 0.249 e. The van der Waals surface area contributed by atoms with Gasteiger partial charge in [0, 0.05) is 16.7 Å². The number of carbonyl (C=O) groups excluding carboxylic acids is 1. The molecule has 120 valence electrons. The third-order valence-corrected chi connectivity index (χ3v) is 5.02. The van der Waals surface area contributed by atoms with E-state index in [9.17, 15) is 9.36 Å². The van der Waals surface area contributed by atoms with E-state index in [0.717, 1.165) is 32.7 Å². The van der Waals surface area contributed by atoms with Crippen molar-refractivity contribution in [3.05, 3.63) is 78.4 Å². The van der Waals surface area contributed by atoms with Crippen LogP contribution < -0.4 is 11.0 Å². The molecule has 0 aliphatic heterocycles. The maximum absolute atomic E-state index is 12.1. The summed E-state index contributed by atoms with van der Waals surface area (Å²) in [5, 5.41) is 4.53. The monoisotopic (exact) mass is 343 g/mol. The van der Waals surface area contributed by atoms with E-state index in [2.05, 4.69) is 0 Å². The number of carbonyl (C=O) groups is 1. The van der Waals surface area contributed by atoms with Crippen molar-refractivity contribution < 1.29 is 9.36 Å². The van der Waals surface area contributed by atoms with E-state index in [1.807, 2.05) is 66.7 Å². The van der Waals surface area contributed by atoms with Crippen LogP contribution in [0.15, 0.2) is 72.8 Å². The second-order valence-electron chi connectivity index (χ2n) is 5.85. The van der Waals surface area contributed by atoms with Crippen molar-refractivity contribution in [1.29, 1.82) is 0 Å². The van der Waals surface area contributed by atoms with E-state index in [1.165, 1.54) is 0 Å². The van der Waals surface area contributed by atoms with Crippen LogP contribution >= 0.6 is 8.46 Å². The van der Waals surface area contributed by atoms with Crippen molar-refractivity contribution in [1.82, 2.24) is 0 Å². The molecule has 0 saturated carbocycles. The third-order valence-electron chi connectivity index (χ3n) is 4.45. The molecular formula is C21H14NO2P. The predicted molar refractivity (Wildman–Crippen MR) is 103 cm³/mol. The van der Waals surface area contributed by atoms with E-state index in [0.29, 0.717) is 10.9 Å². The largest absolute Gasteiger partial charge is 0.366 e. The zero-order chi connectivity index (χ0) is 17.4. The zero-order valence-corrected chi connectivity index (χ0v) is 14.2. The van der Waals surface area contributed by atoms with Gasteiger partial charge in [0.25, 0.3) is 0 Å². The molecule has 0 aliphatic rings. The molecule has 0 bridgehead atoms. The van der Waals surface area contributed by atoms with Gasteiger partial charge < -0.3 is 5.73 Å². The highest BCUT2D eigenvalue weighted by molar-refractivity contribution is 7.34. The summed E-state index contributed by atoms with van der Waals surface area (Å²) in [6.45, 7) is 0. The number of benzene rings is 4. The van der Waals surface area contributed by atoms with E-state index in [1.54, 1.807) is 6.07 Å². The van der Waals surface area contributed by atoms with Crippen LogP contribution in [0.1, 0.15) is 10.4 Å². The van der Waals surface area contributed by atoms with Crippen molar-refractivity contribution >= 4 is 41.2 Å². The van der Waals surface area contributed by atoms with Crippen molar-refractivity contribution in [3.63, 3.8) is 0 Å². The minimum Gasteiger partial charge on any atom is -0.366 e. The Bertz CT molecular complexity index is 1150. The summed E-state index contributed by atoms with van der Waals surface area (Å²) in [4.78, 5) is 12.1. The quantitative estimate of drug-likeness (QED) is 0.549. The fraction of sp³-hybridized carbons (Fsp3) is 0. The Hall–Kier alpha value is -3.03. The summed E-state index contributed by atoms with van der Waals surface area (Å²) in [6, 6.07) is 23.1. The van der Waals surface area contributed by atoms with Crippen LogP contribution in [0.25, 0.3) is 32.7 Å². The Kier molecular flexibility index (Phi) is 3.79. The van der Waals surface area contributed by atoms with Crippen LogP contribution in [-0.2, 0) is 4.57 Å². The molecule has 0 spiro atoms. The Morgan fingerprint density at radius 1 is 0.720 bits per heavy atom. The molecule has 4 rings (SSSR count). The molecule has 4 aromatic rings. The number of amides is 1. The molecule has 0 aromatic heterocycles. The second-order valence-corrected chi connectivity index (χ2v) is 6.51. The normalized spacial score (nSPS) is 11.2. The molecule has 2 N–H and O–H groups in total. The lowest BCUT2D eigenvalue weighted by Gasteiger charge is -2.15. The van der Waals surface area contributed by atoms with Crippen molar-refractivity contribution in [2.75, 3.05) is 0 Å². The first-order valence-electron chi connectivity index (χ1n) is 7.88. The van der Waals surface area contributed by atoms with Gasteiger partial charge in [-0.25, -0.2) is 0 Å². The van der Waals surface area contributed by atoms with Crippen LogP contribution in [-0.4, -0.2) is 5.91 Å². The lowest BCUT2D eigenvalue weighted by molar-refractivity contribution is 0.100. The Balaban J connectivity index is 2.26. The topological polar surface area (TPSA) is 60.2 Å². The predicted octanol–water partition coefficient (Wildman–Crippen LogP) is 4.68. The van der Waals surface area contributed by atoms with Gasteiger partial charge in [-0.3, -0.25) is 9.36 Å². The van der Waals surface area contributed by atoms with E-state index in [-0.39, 0.29) is 8.46 Å². The number of primary amides is 1. The zero-order valence-electron chi connectivity index (χ0n) is 13.3. The SMILES string of the molecule is NC(=O)c1ccc2ccccc2c1-c1c(P=O)ccc2ccccc12. The number of hydrogen-bond acceptors (Lipinski definition) is 2. The van der Waals surface area contributed by atoms with Gasteiger partial charge in [0.2, 0.25) is 5.91 Å². The lowest BCUT2D eigenvalue weighted by atomic mass is 9.90. The first-order chi connectivity index (χ1) is 12.2. The van der Waals surface area contributed by atoms with E-state index < -0.39 is 5.91 Å². The summed E-state index contributed by atoms with van der Waals surface area (Å²) in [5.74, 6) is -0.498. The highest BCUT2D eigenvalue weighted by atomic mass is 31.1. The van der Waals surface area contributed by atoms with Crippen molar-refractivity contribution in [3.8, 4) is 11.1 Å². The maximum Gasteiger partial charge on any atom is 0.249 e. The van der Waals surface area contributed by atoms with Crippen molar-refractivity contribution in [2.45, 2.75) is 0 Å². The first-order valence-corrected chi connectivity index (χ1v) is 8.69. The van der Waals surface area contributed by atoms with Gasteiger partial charge >= 0.3 is 0 Å². The van der Waals surface area contributed by atoms with E-state index >= 15 is 0 Å². The van der Waals surface area contributed by atoms with Gasteiger partial charge in [-0.05, 0) is 33.7 Å². The highest BCUT2D eigenvalue weighted by Crippen LogP contribution is 2.36. The molecular weight excluding hydrogens is 329 g/mol. The summed E-state index contributed by atoms with van der Waals surface area (Å²) >= 11 is 0. The molecule has 0 atom stereocenters. The minimum absolute atomic E-state index is 0.0957. The molecule has 4 heteroatoms. The first kappa shape index (κ1) is 15.5. The number of rotatable bonds is 3. The summed E-state index contributed by atoms with van der Waals surface area (Å²) in [6.07, 6.45) is 0.